The quantitative estimate of drug-likeness (QED) is 0.676. The van der Waals surface area contributed by atoms with Gasteiger partial charge in [-0.15, -0.1) is 0 Å². The average Bonchev–Trinajstić information content (AvgIpc) is 2.90. The molecule has 2 fully saturated rings. The monoisotopic (exact) mass is 317 g/mol. The number of nitrogens with zero attached hydrogens (tertiary/aromatic N) is 2. The van der Waals surface area contributed by atoms with Gasteiger partial charge in [0.05, 0.1) is 12.8 Å². The number of carbonyl (C=O) groups excluding carboxylic acids is 3. The Labute approximate surface area is 133 Å². The molecule has 0 radical (unpaired) electrons. The molecule has 1 aromatic heterocycles. The average molecular weight is 317 g/mol. The lowest BCUT2D eigenvalue weighted by atomic mass is 10.1. The van der Waals surface area contributed by atoms with Crippen molar-refractivity contribution in [3.8, 4) is 0 Å². The summed E-state index contributed by atoms with van der Waals surface area (Å²) in [4.78, 5) is 39.5. The molecule has 7 heteroatoms. The topological polar surface area (TPSA) is 82.9 Å². The Hall–Kier alpha value is -2.57. The third-order valence-corrected chi connectivity index (χ3v) is 4.03. The molecule has 2 aliphatic rings. The Morgan fingerprint density at radius 3 is 2.52 bits per heavy atom. The molecule has 2 saturated heterocycles. The summed E-state index contributed by atoms with van der Waals surface area (Å²) >= 11 is 0. The molecule has 23 heavy (non-hydrogen) atoms. The zero-order valence-electron chi connectivity index (χ0n) is 12.8. The van der Waals surface area contributed by atoms with E-state index in [1.54, 1.807) is 18.3 Å². The van der Waals surface area contributed by atoms with Crippen LogP contribution in [-0.4, -0.2) is 40.7 Å². The number of hydrogen-bond acceptors (Lipinski definition) is 5. The highest BCUT2D eigenvalue weighted by Crippen LogP contribution is 2.17. The molecule has 0 bridgehead atoms. The molecule has 1 N–H and O–H groups in total. The van der Waals surface area contributed by atoms with Gasteiger partial charge in [-0.1, -0.05) is 12.8 Å². The van der Waals surface area contributed by atoms with Crippen molar-refractivity contribution >= 4 is 17.8 Å². The summed E-state index contributed by atoms with van der Waals surface area (Å²) < 4.78 is 5.17. The van der Waals surface area contributed by atoms with Crippen molar-refractivity contribution < 1.29 is 18.8 Å². The van der Waals surface area contributed by atoms with Crippen molar-refractivity contribution in [2.45, 2.75) is 32.2 Å². The normalized spacial score (nSPS) is 21.6. The first-order valence-electron chi connectivity index (χ1n) is 7.80. The van der Waals surface area contributed by atoms with Crippen LogP contribution in [0.2, 0.25) is 0 Å². The number of rotatable bonds is 3. The Morgan fingerprint density at radius 2 is 1.87 bits per heavy atom. The lowest BCUT2D eigenvalue weighted by Crippen LogP contribution is -2.54. The molecular formula is C16H19N3O4. The lowest BCUT2D eigenvalue weighted by Gasteiger charge is -2.27. The smallest absolute Gasteiger partial charge is 0.331 e. The van der Waals surface area contributed by atoms with Gasteiger partial charge in [0.1, 0.15) is 11.3 Å². The van der Waals surface area contributed by atoms with Crippen LogP contribution in [0.15, 0.2) is 34.6 Å². The first kappa shape index (κ1) is 15.3. The van der Waals surface area contributed by atoms with E-state index >= 15 is 0 Å². The highest BCUT2D eigenvalue weighted by atomic mass is 16.3. The van der Waals surface area contributed by atoms with Gasteiger partial charge in [0, 0.05) is 19.3 Å². The molecular weight excluding hydrogens is 298 g/mol. The van der Waals surface area contributed by atoms with E-state index in [9.17, 15) is 14.4 Å². The predicted molar refractivity (Wildman–Crippen MR) is 80.9 cm³/mol. The zero-order chi connectivity index (χ0) is 16.2. The molecule has 0 spiro atoms. The molecule has 2 aliphatic heterocycles. The Morgan fingerprint density at radius 1 is 1.13 bits per heavy atom. The first-order valence-corrected chi connectivity index (χ1v) is 7.80. The second-order valence-electron chi connectivity index (χ2n) is 5.72. The van der Waals surface area contributed by atoms with Crippen molar-refractivity contribution in [2.24, 2.45) is 0 Å². The number of amides is 4. The van der Waals surface area contributed by atoms with Crippen molar-refractivity contribution in [3.05, 3.63) is 35.9 Å². The summed E-state index contributed by atoms with van der Waals surface area (Å²) in [5.74, 6) is -0.740. The van der Waals surface area contributed by atoms with Gasteiger partial charge in [0.25, 0.3) is 11.8 Å². The minimum absolute atomic E-state index is 0.00180. The molecule has 7 nitrogen and oxygen atoms in total. The molecule has 1 aromatic rings. The largest absolute Gasteiger partial charge is 0.467 e. The third kappa shape index (κ3) is 3.44. The molecule has 0 aliphatic carbocycles. The van der Waals surface area contributed by atoms with E-state index in [1.807, 2.05) is 4.90 Å². The fourth-order valence-electron chi connectivity index (χ4n) is 2.79. The van der Waals surface area contributed by atoms with Crippen molar-refractivity contribution in [2.75, 3.05) is 13.1 Å². The number of furan rings is 1. The number of urea groups is 1. The van der Waals surface area contributed by atoms with Crippen LogP contribution in [0.3, 0.4) is 0 Å². The maximum Gasteiger partial charge on any atom is 0.331 e. The number of barbiturate groups is 1. The summed E-state index contributed by atoms with van der Waals surface area (Å²) in [6, 6.07) is 2.64. The summed E-state index contributed by atoms with van der Waals surface area (Å²) in [5.41, 5.74) is -0.00180. The molecule has 0 atom stereocenters. The van der Waals surface area contributed by atoms with Crippen LogP contribution in [0.25, 0.3) is 0 Å². The standard InChI is InChI=1S/C16H19N3O4/c20-14-13(11-18-7-3-1-2-4-8-18)15(21)19(16(22)17-14)10-12-6-5-9-23-12/h5-6,9,11H,1-4,7-8,10H2,(H,17,20,22)/b13-11-. The van der Waals surface area contributed by atoms with Crippen LogP contribution in [0.1, 0.15) is 31.4 Å². The molecule has 3 rings (SSSR count). The van der Waals surface area contributed by atoms with E-state index in [0.717, 1.165) is 43.7 Å². The van der Waals surface area contributed by atoms with E-state index in [2.05, 4.69) is 5.32 Å². The van der Waals surface area contributed by atoms with Crippen LogP contribution in [0.5, 0.6) is 0 Å². The molecule has 0 unspecified atom stereocenters. The van der Waals surface area contributed by atoms with E-state index in [0.29, 0.717) is 5.76 Å². The molecule has 3 heterocycles. The van der Waals surface area contributed by atoms with Gasteiger partial charge in [0.2, 0.25) is 0 Å². The van der Waals surface area contributed by atoms with Gasteiger partial charge in [-0.3, -0.25) is 19.8 Å². The Kier molecular flexibility index (Phi) is 4.45. The fourth-order valence-corrected chi connectivity index (χ4v) is 2.79. The van der Waals surface area contributed by atoms with Gasteiger partial charge in [-0.25, -0.2) is 4.79 Å². The van der Waals surface area contributed by atoms with Crippen LogP contribution in [0.4, 0.5) is 4.79 Å². The SMILES string of the molecule is O=C1NC(=O)N(Cc2ccco2)C(=O)/C1=C\N1CCCCCC1. The lowest BCUT2D eigenvalue weighted by molar-refractivity contribution is -0.130. The summed E-state index contributed by atoms with van der Waals surface area (Å²) in [6.07, 6.45) is 7.44. The summed E-state index contributed by atoms with van der Waals surface area (Å²) in [7, 11) is 0. The van der Waals surface area contributed by atoms with Gasteiger partial charge in [-0.05, 0) is 25.0 Å². The number of carbonyl (C=O) groups is 3. The van der Waals surface area contributed by atoms with Crippen LogP contribution in [-0.2, 0) is 16.1 Å². The van der Waals surface area contributed by atoms with Crippen molar-refractivity contribution in [1.82, 2.24) is 15.1 Å². The van der Waals surface area contributed by atoms with Crippen LogP contribution in [0, 0.1) is 0 Å². The second kappa shape index (κ2) is 6.68. The molecule has 4 amide bonds. The van der Waals surface area contributed by atoms with Gasteiger partial charge >= 0.3 is 6.03 Å². The maximum absolute atomic E-state index is 12.5. The number of imide groups is 2. The fraction of sp³-hybridized carbons (Fsp3) is 0.438. The van der Waals surface area contributed by atoms with E-state index in [1.165, 1.54) is 6.26 Å². The van der Waals surface area contributed by atoms with Crippen molar-refractivity contribution in [1.29, 1.82) is 0 Å². The third-order valence-electron chi connectivity index (χ3n) is 4.03. The van der Waals surface area contributed by atoms with Gasteiger partial charge < -0.3 is 9.32 Å². The van der Waals surface area contributed by atoms with E-state index in [-0.39, 0.29) is 12.1 Å². The zero-order valence-corrected chi connectivity index (χ0v) is 12.8. The summed E-state index contributed by atoms with van der Waals surface area (Å²) in [5, 5.41) is 2.22. The number of hydrogen-bond donors (Lipinski definition) is 1. The van der Waals surface area contributed by atoms with E-state index in [4.69, 9.17) is 4.42 Å². The number of nitrogens with one attached hydrogen (secondary N) is 1. The summed E-state index contributed by atoms with van der Waals surface area (Å²) in [6.45, 7) is 1.63. The highest BCUT2D eigenvalue weighted by Gasteiger charge is 2.36. The molecule has 0 saturated carbocycles. The van der Waals surface area contributed by atoms with Crippen LogP contribution >= 0.6 is 0 Å². The molecule has 0 aromatic carbocycles. The minimum atomic E-state index is -0.718. The number of likely N-dealkylation sites (tertiary alicyclic amines) is 1. The highest BCUT2D eigenvalue weighted by molar-refractivity contribution is 6.28. The molecule has 122 valence electrons. The minimum Gasteiger partial charge on any atom is -0.467 e. The second-order valence-corrected chi connectivity index (χ2v) is 5.72. The maximum atomic E-state index is 12.5. The van der Waals surface area contributed by atoms with Crippen LogP contribution < -0.4 is 5.32 Å². The van der Waals surface area contributed by atoms with Gasteiger partial charge in [-0.2, -0.15) is 0 Å². The Bertz CT molecular complexity index is 628. The Balaban J connectivity index is 1.79. The van der Waals surface area contributed by atoms with Gasteiger partial charge in [0.15, 0.2) is 0 Å². The predicted octanol–water partition coefficient (Wildman–Crippen LogP) is 1.62. The van der Waals surface area contributed by atoms with E-state index < -0.39 is 17.8 Å². The first-order chi connectivity index (χ1) is 11.1. The van der Waals surface area contributed by atoms with Crippen molar-refractivity contribution in [3.63, 3.8) is 0 Å².